The predicted molar refractivity (Wildman–Crippen MR) is 122 cm³/mol. The molecular formula is C24H31N3O2S. The molecule has 2 amide bonds. The van der Waals surface area contributed by atoms with Gasteiger partial charge in [0.1, 0.15) is 0 Å². The van der Waals surface area contributed by atoms with Gasteiger partial charge in [0.25, 0.3) is 5.91 Å². The summed E-state index contributed by atoms with van der Waals surface area (Å²) in [6.07, 6.45) is 5.34. The zero-order valence-corrected chi connectivity index (χ0v) is 18.5. The van der Waals surface area contributed by atoms with Crippen molar-refractivity contribution in [3.63, 3.8) is 0 Å². The van der Waals surface area contributed by atoms with Crippen molar-refractivity contribution >= 4 is 28.8 Å². The van der Waals surface area contributed by atoms with Crippen LogP contribution < -0.4 is 5.32 Å². The second-order valence-corrected chi connectivity index (χ2v) is 9.49. The van der Waals surface area contributed by atoms with Crippen LogP contribution in [0.3, 0.4) is 0 Å². The fourth-order valence-corrected chi connectivity index (χ4v) is 5.16. The van der Waals surface area contributed by atoms with Gasteiger partial charge in [-0.15, -0.1) is 11.3 Å². The molecule has 2 fully saturated rings. The van der Waals surface area contributed by atoms with Gasteiger partial charge >= 0.3 is 0 Å². The van der Waals surface area contributed by atoms with Gasteiger partial charge in [0.15, 0.2) is 0 Å². The minimum Gasteiger partial charge on any atom is -0.338 e. The van der Waals surface area contributed by atoms with E-state index in [1.165, 1.54) is 42.7 Å². The molecule has 2 saturated heterocycles. The van der Waals surface area contributed by atoms with Crippen molar-refractivity contribution in [3.05, 3.63) is 52.2 Å². The van der Waals surface area contributed by atoms with E-state index in [1.54, 1.807) is 0 Å². The number of piperidine rings is 2. The summed E-state index contributed by atoms with van der Waals surface area (Å²) in [6, 6.07) is 12.7. The molecule has 1 N–H and O–H groups in total. The maximum atomic E-state index is 12.7. The van der Waals surface area contributed by atoms with Gasteiger partial charge in [-0.3, -0.25) is 14.5 Å². The largest absolute Gasteiger partial charge is 0.338 e. The van der Waals surface area contributed by atoms with Crippen LogP contribution in [0.1, 0.15) is 54.3 Å². The number of hydrogen-bond donors (Lipinski definition) is 1. The topological polar surface area (TPSA) is 52.7 Å². The SMILES string of the molecule is CC1CCCCN1Cc1ccc(NC(=O)C2CCN(C(=O)c3cccs3)CC2)cc1. The van der Waals surface area contributed by atoms with E-state index in [0.29, 0.717) is 32.0 Å². The summed E-state index contributed by atoms with van der Waals surface area (Å²) in [6.45, 7) is 5.75. The zero-order valence-electron chi connectivity index (χ0n) is 17.7. The van der Waals surface area contributed by atoms with Crippen molar-refractivity contribution < 1.29 is 9.59 Å². The van der Waals surface area contributed by atoms with Gasteiger partial charge in [-0.25, -0.2) is 0 Å². The van der Waals surface area contributed by atoms with E-state index >= 15 is 0 Å². The maximum Gasteiger partial charge on any atom is 0.263 e. The first kappa shape index (κ1) is 21.1. The molecule has 0 saturated carbocycles. The van der Waals surface area contributed by atoms with Crippen LogP contribution in [0.2, 0.25) is 0 Å². The number of benzene rings is 1. The van der Waals surface area contributed by atoms with Gasteiger partial charge < -0.3 is 10.2 Å². The van der Waals surface area contributed by atoms with E-state index in [9.17, 15) is 9.59 Å². The first-order valence-electron chi connectivity index (χ1n) is 11.1. The Balaban J connectivity index is 1.25. The number of nitrogens with one attached hydrogen (secondary N) is 1. The molecule has 1 aromatic heterocycles. The molecule has 1 atom stereocenters. The van der Waals surface area contributed by atoms with E-state index in [0.717, 1.165) is 17.1 Å². The molecule has 3 heterocycles. The van der Waals surface area contributed by atoms with Crippen LogP contribution in [0, 0.1) is 5.92 Å². The van der Waals surface area contributed by atoms with E-state index < -0.39 is 0 Å². The number of nitrogens with zero attached hydrogens (tertiary/aromatic N) is 2. The smallest absolute Gasteiger partial charge is 0.263 e. The predicted octanol–water partition coefficient (Wildman–Crippen LogP) is 4.61. The number of thiophene rings is 1. The van der Waals surface area contributed by atoms with Crippen LogP contribution in [-0.4, -0.2) is 47.3 Å². The number of likely N-dealkylation sites (tertiary alicyclic amines) is 2. The highest BCUT2D eigenvalue weighted by Gasteiger charge is 2.28. The third-order valence-corrected chi connectivity index (χ3v) is 7.29. The lowest BCUT2D eigenvalue weighted by atomic mass is 9.95. The van der Waals surface area contributed by atoms with Gasteiger partial charge in [-0.1, -0.05) is 24.6 Å². The molecule has 4 rings (SSSR count). The number of amides is 2. The number of carbonyl (C=O) groups excluding carboxylic acids is 2. The summed E-state index contributed by atoms with van der Waals surface area (Å²) in [7, 11) is 0. The highest BCUT2D eigenvalue weighted by atomic mass is 32.1. The lowest BCUT2D eigenvalue weighted by Gasteiger charge is -2.33. The standard InChI is InChI=1S/C24H31N3O2S/c1-18-5-2-3-13-27(18)17-19-7-9-21(10-8-19)25-23(28)20-11-14-26(15-12-20)24(29)22-6-4-16-30-22/h4,6-10,16,18,20H,2-3,5,11-15,17H2,1H3,(H,25,28). The average molecular weight is 426 g/mol. The highest BCUT2D eigenvalue weighted by Crippen LogP contribution is 2.23. The summed E-state index contributed by atoms with van der Waals surface area (Å²) in [5.74, 6) is 0.115. The normalized spacial score (nSPS) is 20.8. The molecule has 2 aliphatic rings. The molecule has 6 heteroatoms. The number of anilines is 1. The molecular weight excluding hydrogens is 394 g/mol. The molecule has 2 aliphatic heterocycles. The van der Waals surface area contributed by atoms with Crippen LogP contribution in [-0.2, 0) is 11.3 Å². The van der Waals surface area contributed by atoms with Crippen LogP contribution >= 0.6 is 11.3 Å². The first-order chi connectivity index (χ1) is 14.6. The van der Waals surface area contributed by atoms with E-state index in [-0.39, 0.29) is 17.7 Å². The van der Waals surface area contributed by atoms with Crippen LogP contribution in [0.5, 0.6) is 0 Å². The molecule has 0 radical (unpaired) electrons. The van der Waals surface area contributed by atoms with E-state index in [1.807, 2.05) is 34.5 Å². The van der Waals surface area contributed by atoms with Crippen molar-refractivity contribution in [3.8, 4) is 0 Å². The van der Waals surface area contributed by atoms with E-state index in [2.05, 4.69) is 29.3 Å². The van der Waals surface area contributed by atoms with Crippen molar-refractivity contribution in [1.29, 1.82) is 0 Å². The van der Waals surface area contributed by atoms with E-state index in [4.69, 9.17) is 0 Å². The molecule has 5 nitrogen and oxygen atoms in total. The molecule has 1 unspecified atom stereocenters. The van der Waals surface area contributed by atoms with Gasteiger partial charge in [0, 0.05) is 37.3 Å². The first-order valence-corrected chi connectivity index (χ1v) is 11.9. The third kappa shape index (κ3) is 5.10. The van der Waals surface area contributed by atoms with Crippen LogP contribution in [0.4, 0.5) is 5.69 Å². The lowest BCUT2D eigenvalue weighted by Crippen LogP contribution is -2.41. The molecule has 160 valence electrons. The minimum absolute atomic E-state index is 0.0359. The summed E-state index contributed by atoms with van der Waals surface area (Å²) in [5.41, 5.74) is 2.15. The Labute approximate surface area is 183 Å². The molecule has 1 aromatic carbocycles. The Hall–Kier alpha value is -2.18. The molecule has 0 aliphatic carbocycles. The highest BCUT2D eigenvalue weighted by molar-refractivity contribution is 7.12. The summed E-state index contributed by atoms with van der Waals surface area (Å²) in [4.78, 5) is 30.3. The third-order valence-electron chi connectivity index (χ3n) is 6.43. The molecule has 0 bridgehead atoms. The number of carbonyl (C=O) groups is 2. The Morgan fingerprint density at radius 1 is 1.03 bits per heavy atom. The minimum atomic E-state index is -0.0359. The van der Waals surface area contributed by atoms with Gasteiger partial charge in [0.2, 0.25) is 5.91 Å². The van der Waals surface area contributed by atoms with Crippen molar-refractivity contribution in [1.82, 2.24) is 9.80 Å². The molecule has 0 spiro atoms. The van der Waals surface area contributed by atoms with Crippen molar-refractivity contribution in [2.45, 2.75) is 51.6 Å². The van der Waals surface area contributed by atoms with Crippen LogP contribution in [0.25, 0.3) is 0 Å². The number of hydrogen-bond acceptors (Lipinski definition) is 4. The Morgan fingerprint density at radius 3 is 2.47 bits per heavy atom. The van der Waals surface area contributed by atoms with Crippen LogP contribution in [0.15, 0.2) is 41.8 Å². The quantitative estimate of drug-likeness (QED) is 0.761. The zero-order chi connectivity index (χ0) is 20.9. The van der Waals surface area contributed by atoms with Gasteiger partial charge in [0.05, 0.1) is 4.88 Å². The second-order valence-electron chi connectivity index (χ2n) is 8.55. The fourth-order valence-electron chi connectivity index (χ4n) is 4.47. The monoisotopic (exact) mass is 425 g/mol. The van der Waals surface area contributed by atoms with Crippen molar-refractivity contribution in [2.75, 3.05) is 25.0 Å². The lowest BCUT2D eigenvalue weighted by molar-refractivity contribution is -0.121. The molecule has 30 heavy (non-hydrogen) atoms. The van der Waals surface area contributed by atoms with Gasteiger partial charge in [-0.05, 0) is 68.3 Å². The summed E-state index contributed by atoms with van der Waals surface area (Å²) < 4.78 is 0. The molecule has 2 aromatic rings. The van der Waals surface area contributed by atoms with Crippen molar-refractivity contribution in [2.24, 2.45) is 5.92 Å². The maximum absolute atomic E-state index is 12.7. The summed E-state index contributed by atoms with van der Waals surface area (Å²) in [5, 5.41) is 4.99. The number of rotatable bonds is 5. The van der Waals surface area contributed by atoms with Gasteiger partial charge in [-0.2, -0.15) is 0 Å². The average Bonchev–Trinajstić information content (AvgIpc) is 3.31. The summed E-state index contributed by atoms with van der Waals surface area (Å²) >= 11 is 1.47. The Kier molecular flexibility index (Phi) is 6.85. The Morgan fingerprint density at radius 2 is 1.80 bits per heavy atom. The fraction of sp³-hybridized carbons (Fsp3) is 0.500. The Bertz CT molecular complexity index is 842. The second kappa shape index (κ2) is 9.75.